The van der Waals surface area contributed by atoms with Crippen molar-refractivity contribution in [2.45, 2.75) is 26.7 Å². The van der Waals surface area contributed by atoms with E-state index in [9.17, 15) is 13.2 Å². The second kappa shape index (κ2) is 6.94. The Bertz CT molecular complexity index is 361. The summed E-state index contributed by atoms with van der Waals surface area (Å²) >= 11 is 0. The molecule has 6 nitrogen and oxygen atoms in total. The van der Waals surface area contributed by atoms with Crippen molar-refractivity contribution >= 4 is 16.1 Å². The summed E-state index contributed by atoms with van der Waals surface area (Å²) in [5, 5.41) is 0. The third-order valence-corrected chi connectivity index (χ3v) is 4.87. The summed E-state index contributed by atoms with van der Waals surface area (Å²) in [5.74, 6) is 0.197. The van der Waals surface area contributed by atoms with Crippen LogP contribution in [0.15, 0.2) is 0 Å². The zero-order chi connectivity index (χ0) is 13.6. The van der Waals surface area contributed by atoms with Gasteiger partial charge in [0.05, 0.1) is 12.4 Å². The van der Waals surface area contributed by atoms with Crippen LogP contribution in [0.25, 0.3) is 0 Å². The molecular weight excluding hydrogens is 256 g/mol. The van der Waals surface area contributed by atoms with Gasteiger partial charge in [-0.15, -0.1) is 0 Å². The molecule has 0 radical (unpaired) electrons. The van der Waals surface area contributed by atoms with E-state index in [-0.39, 0.29) is 11.8 Å². The van der Waals surface area contributed by atoms with Crippen LogP contribution in [0.4, 0.5) is 4.79 Å². The second-order valence-electron chi connectivity index (χ2n) is 4.25. The zero-order valence-corrected chi connectivity index (χ0v) is 11.9. The van der Waals surface area contributed by atoms with E-state index in [1.165, 1.54) is 4.31 Å². The number of piperazine rings is 1. The molecule has 1 amide bonds. The summed E-state index contributed by atoms with van der Waals surface area (Å²) in [6.07, 6.45) is 1.19. The number of sulfonamides is 1. The first-order valence-electron chi connectivity index (χ1n) is 6.40. The van der Waals surface area contributed by atoms with Crippen molar-refractivity contribution in [3.8, 4) is 0 Å². The van der Waals surface area contributed by atoms with Crippen molar-refractivity contribution in [1.82, 2.24) is 9.21 Å². The van der Waals surface area contributed by atoms with Gasteiger partial charge >= 0.3 is 6.09 Å². The Morgan fingerprint density at radius 2 is 1.78 bits per heavy atom. The minimum absolute atomic E-state index is 0.197. The molecule has 0 aliphatic carbocycles. The number of nitrogens with zero attached hydrogens (tertiary/aromatic N) is 2. The van der Waals surface area contributed by atoms with Gasteiger partial charge in [-0.05, 0) is 13.3 Å². The van der Waals surface area contributed by atoms with E-state index in [1.807, 2.05) is 6.92 Å². The number of carbonyl (C=O) groups is 1. The summed E-state index contributed by atoms with van der Waals surface area (Å²) in [4.78, 5) is 13.0. The van der Waals surface area contributed by atoms with Crippen molar-refractivity contribution in [3.63, 3.8) is 0 Å². The Morgan fingerprint density at radius 1 is 1.17 bits per heavy atom. The highest BCUT2D eigenvalue weighted by molar-refractivity contribution is 7.89. The summed E-state index contributed by atoms with van der Waals surface area (Å²) in [5.41, 5.74) is 0. The monoisotopic (exact) mass is 278 g/mol. The number of unbranched alkanes of at least 4 members (excludes halogenated alkanes) is 1. The fourth-order valence-corrected chi connectivity index (χ4v) is 3.45. The lowest BCUT2D eigenvalue weighted by atomic mass is 10.4. The lowest BCUT2D eigenvalue weighted by Gasteiger charge is -2.33. The van der Waals surface area contributed by atoms with E-state index in [4.69, 9.17) is 4.74 Å². The highest BCUT2D eigenvalue weighted by Crippen LogP contribution is 2.10. The van der Waals surface area contributed by atoms with E-state index >= 15 is 0 Å². The number of rotatable bonds is 5. The van der Waals surface area contributed by atoms with Crippen LogP contribution in [0.3, 0.4) is 0 Å². The molecule has 18 heavy (non-hydrogen) atoms. The zero-order valence-electron chi connectivity index (χ0n) is 11.1. The topological polar surface area (TPSA) is 66.9 Å². The molecule has 1 aliphatic rings. The number of amides is 1. The summed E-state index contributed by atoms with van der Waals surface area (Å²) < 4.78 is 30.2. The summed E-state index contributed by atoms with van der Waals surface area (Å²) in [6, 6.07) is 0. The number of carbonyl (C=O) groups excluding carboxylic acids is 1. The Labute approximate surface area is 109 Å². The minimum Gasteiger partial charge on any atom is -0.450 e. The first-order valence-corrected chi connectivity index (χ1v) is 8.01. The lowest BCUT2D eigenvalue weighted by molar-refractivity contribution is 0.0934. The van der Waals surface area contributed by atoms with Gasteiger partial charge in [0, 0.05) is 26.2 Å². The Morgan fingerprint density at radius 3 is 2.28 bits per heavy atom. The Balaban J connectivity index is 2.46. The van der Waals surface area contributed by atoms with Gasteiger partial charge in [0.2, 0.25) is 10.0 Å². The van der Waals surface area contributed by atoms with Crippen LogP contribution in [0.2, 0.25) is 0 Å². The van der Waals surface area contributed by atoms with E-state index in [0.717, 1.165) is 6.42 Å². The maximum atomic E-state index is 11.9. The molecule has 0 N–H and O–H groups in total. The average Bonchev–Trinajstić information content (AvgIpc) is 2.37. The van der Waals surface area contributed by atoms with E-state index < -0.39 is 10.0 Å². The van der Waals surface area contributed by atoms with Crippen molar-refractivity contribution in [2.24, 2.45) is 0 Å². The van der Waals surface area contributed by atoms with Gasteiger partial charge in [-0.1, -0.05) is 13.3 Å². The molecule has 0 unspecified atom stereocenters. The predicted octanol–water partition coefficient (Wildman–Crippen LogP) is 0.890. The van der Waals surface area contributed by atoms with Crippen LogP contribution in [-0.4, -0.2) is 62.3 Å². The standard InChI is InChI=1S/C11H22N2O4S/c1-3-5-10-18(15,16)13-8-6-12(7-9-13)11(14)17-4-2/h3-10H2,1-2H3. The lowest BCUT2D eigenvalue weighted by Crippen LogP contribution is -2.51. The van der Waals surface area contributed by atoms with Crippen LogP contribution in [0, 0.1) is 0 Å². The highest BCUT2D eigenvalue weighted by atomic mass is 32.2. The van der Waals surface area contributed by atoms with Gasteiger partial charge in [0.25, 0.3) is 0 Å². The molecule has 0 atom stereocenters. The third-order valence-electron chi connectivity index (χ3n) is 2.91. The van der Waals surface area contributed by atoms with Gasteiger partial charge in [-0.2, -0.15) is 4.31 Å². The number of hydrogen-bond acceptors (Lipinski definition) is 4. The normalized spacial score (nSPS) is 17.8. The third kappa shape index (κ3) is 4.13. The molecule has 1 rings (SSSR count). The SMILES string of the molecule is CCCCS(=O)(=O)N1CCN(C(=O)OCC)CC1. The molecule has 0 saturated carbocycles. The molecule has 0 spiro atoms. The molecule has 1 heterocycles. The molecule has 1 fully saturated rings. The van der Waals surface area contributed by atoms with Crippen LogP contribution in [0.1, 0.15) is 26.7 Å². The molecule has 1 saturated heterocycles. The summed E-state index contributed by atoms with van der Waals surface area (Å²) in [7, 11) is -3.15. The molecule has 106 valence electrons. The van der Waals surface area contributed by atoms with Crippen molar-refractivity contribution in [3.05, 3.63) is 0 Å². The molecular formula is C11H22N2O4S. The van der Waals surface area contributed by atoms with E-state index in [1.54, 1.807) is 11.8 Å². The molecule has 7 heteroatoms. The quantitative estimate of drug-likeness (QED) is 0.749. The van der Waals surface area contributed by atoms with Crippen LogP contribution in [0.5, 0.6) is 0 Å². The molecule has 0 aromatic carbocycles. The highest BCUT2D eigenvalue weighted by Gasteiger charge is 2.28. The van der Waals surface area contributed by atoms with Crippen LogP contribution in [-0.2, 0) is 14.8 Å². The first-order chi connectivity index (χ1) is 8.51. The van der Waals surface area contributed by atoms with Crippen LogP contribution < -0.4 is 0 Å². The minimum atomic E-state index is -3.15. The second-order valence-corrected chi connectivity index (χ2v) is 6.34. The van der Waals surface area contributed by atoms with Gasteiger partial charge in [-0.3, -0.25) is 0 Å². The smallest absolute Gasteiger partial charge is 0.409 e. The van der Waals surface area contributed by atoms with Gasteiger partial charge < -0.3 is 9.64 Å². The average molecular weight is 278 g/mol. The molecule has 0 aromatic heterocycles. The molecule has 0 bridgehead atoms. The summed E-state index contributed by atoms with van der Waals surface area (Å²) in [6.45, 7) is 5.61. The largest absolute Gasteiger partial charge is 0.450 e. The van der Waals surface area contributed by atoms with Crippen molar-refractivity contribution in [1.29, 1.82) is 0 Å². The fraction of sp³-hybridized carbons (Fsp3) is 0.909. The molecule has 0 aromatic rings. The van der Waals surface area contributed by atoms with E-state index in [0.29, 0.717) is 39.2 Å². The van der Waals surface area contributed by atoms with Crippen molar-refractivity contribution in [2.75, 3.05) is 38.5 Å². The van der Waals surface area contributed by atoms with Gasteiger partial charge in [0.15, 0.2) is 0 Å². The van der Waals surface area contributed by atoms with Gasteiger partial charge in [0.1, 0.15) is 0 Å². The number of hydrogen-bond donors (Lipinski definition) is 0. The molecule has 1 aliphatic heterocycles. The van der Waals surface area contributed by atoms with Crippen LogP contribution >= 0.6 is 0 Å². The van der Waals surface area contributed by atoms with Gasteiger partial charge in [-0.25, -0.2) is 13.2 Å². The maximum Gasteiger partial charge on any atom is 0.409 e. The predicted molar refractivity (Wildman–Crippen MR) is 68.9 cm³/mol. The Kier molecular flexibility index (Phi) is 5.87. The van der Waals surface area contributed by atoms with E-state index in [2.05, 4.69) is 0 Å². The number of ether oxygens (including phenoxy) is 1. The first kappa shape index (κ1) is 15.2. The fourth-order valence-electron chi connectivity index (χ4n) is 1.82. The Hall–Kier alpha value is -0.820. The maximum absolute atomic E-state index is 11.9. The van der Waals surface area contributed by atoms with Crippen molar-refractivity contribution < 1.29 is 17.9 Å².